The molecule has 0 saturated carbocycles. The predicted octanol–water partition coefficient (Wildman–Crippen LogP) is 1.37. The molecular weight excluding hydrogens is 234 g/mol. The number of carbonyl (C=O) groups excluding carboxylic acids is 1. The van der Waals surface area contributed by atoms with E-state index < -0.39 is 5.97 Å². The van der Waals surface area contributed by atoms with Gasteiger partial charge in [0.2, 0.25) is 5.91 Å². The Morgan fingerprint density at radius 3 is 2.56 bits per heavy atom. The van der Waals surface area contributed by atoms with E-state index in [4.69, 9.17) is 9.84 Å². The van der Waals surface area contributed by atoms with Crippen LogP contribution in [-0.2, 0) is 14.3 Å². The van der Waals surface area contributed by atoms with Crippen LogP contribution in [-0.4, -0.2) is 47.7 Å². The van der Waals surface area contributed by atoms with Gasteiger partial charge in [0.1, 0.15) is 0 Å². The fraction of sp³-hybridized carbons (Fsp3) is 0.846. The standard InChI is InChI=1S/C13H23NO4/c1-9(13(2,3)4)12(17)14-5-6-18-10(8-14)7-11(15)16/h9-10H,5-8H2,1-4H3,(H,15,16). The summed E-state index contributed by atoms with van der Waals surface area (Å²) in [5.74, 6) is -0.888. The van der Waals surface area contributed by atoms with E-state index in [1.165, 1.54) is 0 Å². The van der Waals surface area contributed by atoms with Crippen molar-refractivity contribution in [1.29, 1.82) is 0 Å². The topological polar surface area (TPSA) is 66.8 Å². The second-order valence-corrected chi connectivity index (χ2v) is 5.96. The van der Waals surface area contributed by atoms with Crippen molar-refractivity contribution >= 4 is 11.9 Å². The van der Waals surface area contributed by atoms with E-state index in [0.717, 1.165) is 0 Å². The Kier molecular flexibility index (Phi) is 4.73. The zero-order valence-electron chi connectivity index (χ0n) is 11.6. The summed E-state index contributed by atoms with van der Waals surface area (Å²) in [5.41, 5.74) is -0.0856. The molecule has 0 aromatic heterocycles. The average Bonchev–Trinajstić information content (AvgIpc) is 2.25. The summed E-state index contributed by atoms with van der Waals surface area (Å²) in [6.45, 7) is 9.37. The van der Waals surface area contributed by atoms with Crippen LogP contribution in [0.3, 0.4) is 0 Å². The Morgan fingerprint density at radius 1 is 1.44 bits per heavy atom. The molecule has 1 rings (SSSR count). The molecule has 5 heteroatoms. The van der Waals surface area contributed by atoms with Gasteiger partial charge in [0.15, 0.2) is 0 Å². The third-order valence-corrected chi connectivity index (χ3v) is 3.52. The molecule has 1 N–H and O–H groups in total. The average molecular weight is 257 g/mol. The fourth-order valence-corrected chi connectivity index (χ4v) is 1.88. The van der Waals surface area contributed by atoms with Crippen LogP contribution >= 0.6 is 0 Å². The van der Waals surface area contributed by atoms with Crippen LogP contribution in [0.5, 0.6) is 0 Å². The minimum atomic E-state index is -0.891. The summed E-state index contributed by atoms with van der Waals surface area (Å²) in [7, 11) is 0. The van der Waals surface area contributed by atoms with E-state index in [2.05, 4.69) is 0 Å². The molecule has 0 spiro atoms. The van der Waals surface area contributed by atoms with Gasteiger partial charge in [0.25, 0.3) is 0 Å². The van der Waals surface area contributed by atoms with Crippen molar-refractivity contribution in [3.8, 4) is 0 Å². The molecule has 2 atom stereocenters. The van der Waals surface area contributed by atoms with Crippen molar-refractivity contribution in [2.24, 2.45) is 11.3 Å². The van der Waals surface area contributed by atoms with Crippen LogP contribution in [0.15, 0.2) is 0 Å². The summed E-state index contributed by atoms with van der Waals surface area (Å²) in [6.07, 6.45) is -0.430. The molecule has 0 aromatic carbocycles. The molecule has 0 aromatic rings. The second kappa shape index (κ2) is 5.69. The van der Waals surface area contributed by atoms with Crippen LogP contribution < -0.4 is 0 Å². The maximum absolute atomic E-state index is 12.3. The van der Waals surface area contributed by atoms with Gasteiger partial charge in [-0.15, -0.1) is 0 Å². The first kappa shape index (κ1) is 15.0. The van der Waals surface area contributed by atoms with Crippen molar-refractivity contribution in [3.63, 3.8) is 0 Å². The van der Waals surface area contributed by atoms with Gasteiger partial charge < -0.3 is 14.7 Å². The monoisotopic (exact) mass is 257 g/mol. The zero-order valence-corrected chi connectivity index (χ0v) is 11.6. The smallest absolute Gasteiger partial charge is 0.306 e. The van der Waals surface area contributed by atoms with Crippen LogP contribution in [0.25, 0.3) is 0 Å². The Morgan fingerprint density at radius 2 is 2.06 bits per heavy atom. The fourth-order valence-electron chi connectivity index (χ4n) is 1.88. The van der Waals surface area contributed by atoms with Gasteiger partial charge in [-0.2, -0.15) is 0 Å². The van der Waals surface area contributed by atoms with Gasteiger partial charge in [0, 0.05) is 19.0 Å². The third-order valence-electron chi connectivity index (χ3n) is 3.52. The maximum Gasteiger partial charge on any atom is 0.306 e. The summed E-state index contributed by atoms with van der Waals surface area (Å²) >= 11 is 0. The van der Waals surface area contributed by atoms with Gasteiger partial charge in [-0.25, -0.2) is 0 Å². The number of hydrogen-bond donors (Lipinski definition) is 1. The molecule has 0 aliphatic carbocycles. The molecule has 1 aliphatic heterocycles. The Bertz CT molecular complexity index is 321. The molecule has 1 amide bonds. The number of aliphatic carboxylic acids is 1. The number of hydrogen-bond acceptors (Lipinski definition) is 3. The lowest BCUT2D eigenvalue weighted by Gasteiger charge is -2.37. The van der Waals surface area contributed by atoms with E-state index in [0.29, 0.717) is 19.7 Å². The van der Waals surface area contributed by atoms with Gasteiger partial charge in [-0.3, -0.25) is 9.59 Å². The number of carboxylic acid groups (broad SMARTS) is 1. The lowest BCUT2D eigenvalue weighted by atomic mass is 9.81. The highest BCUT2D eigenvalue weighted by atomic mass is 16.5. The molecule has 1 heterocycles. The molecule has 0 bridgehead atoms. The molecule has 104 valence electrons. The highest BCUT2D eigenvalue weighted by molar-refractivity contribution is 5.79. The van der Waals surface area contributed by atoms with E-state index in [-0.39, 0.29) is 29.8 Å². The first-order chi connectivity index (χ1) is 8.21. The molecule has 0 radical (unpaired) electrons. The van der Waals surface area contributed by atoms with Gasteiger partial charge >= 0.3 is 5.97 Å². The summed E-state index contributed by atoms with van der Waals surface area (Å²) < 4.78 is 5.36. The van der Waals surface area contributed by atoms with Crippen molar-refractivity contribution in [1.82, 2.24) is 4.90 Å². The molecule has 2 unspecified atom stereocenters. The third kappa shape index (κ3) is 3.98. The Hall–Kier alpha value is -1.10. The number of rotatable bonds is 3. The van der Waals surface area contributed by atoms with E-state index >= 15 is 0 Å². The van der Waals surface area contributed by atoms with Crippen LogP contribution in [0.4, 0.5) is 0 Å². The predicted molar refractivity (Wildman–Crippen MR) is 67.2 cm³/mol. The Balaban J connectivity index is 2.61. The number of carbonyl (C=O) groups is 2. The van der Waals surface area contributed by atoms with Crippen molar-refractivity contribution in [2.75, 3.05) is 19.7 Å². The minimum Gasteiger partial charge on any atom is -0.481 e. The zero-order chi connectivity index (χ0) is 13.9. The van der Waals surface area contributed by atoms with Crippen molar-refractivity contribution < 1.29 is 19.4 Å². The SMILES string of the molecule is CC(C(=O)N1CCOC(CC(=O)O)C1)C(C)(C)C. The van der Waals surface area contributed by atoms with Gasteiger partial charge in [0.05, 0.1) is 19.1 Å². The summed E-state index contributed by atoms with van der Waals surface area (Å²) in [4.78, 5) is 24.7. The largest absolute Gasteiger partial charge is 0.481 e. The maximum atomic E-state index is 12.3. The number of ether oxygens (including phenoxy) is 1. The summed E-state index contributed by atoms with van der Waals surface area (Å²) in [6, 6.07) is 0. The van der Waals surface area contributed by atoms with E-state index in [9.17, 15) is 9.59 Å². The number of amides is 1. The Labute approximate surface area is 108 Å². The van der Waals surface area contributed by atoms with Gasteiger partial charge in [-0.05, 0) is 5.41 Å². The first-order valence-corrected chi connectivity index (χ1v) is 6.34. The first-order valence-electron chi connectivity index (χ1n) is 6.34. The number of carboxylic acids is 1. The van der Waals surface area contributed by atoms with Gasteiger partial charge in [-0.1, -0.05) is 27.7 Å². The lowest BCUT2D eigenvalue weighted by molar-refractivity contribution is -0.151. The number of morpholine rings is 1. The minimum absolute atomic E-state index is 0.0479. The molecular formula is C13H23NO4. The molecule has 1 fully saturated rings. The molecule has 1 aliphatic rings. The quantitative estimate of drug-likeness (QED) is 0.829. The summed E-state index contributed by atoms with van der Waals surface area (Å²) in [5, 5.41) is 8.75. The van der Waals surface area contributed by atoms with Crippen LogP contribution in [0.1, 0.15) is 34.1 Å². The highest BCUT2D eigenvalue weighted by Gasteiger charge is 2.33. The second-order valence-electron chi connectivity index (χ2n) is 5.96. The van der Waals surface area contributed by atoms with E-state index in [1.807, 2.05) is 27.7 Å². The highest BCUT2D eigenvalue weighted by Crippen LogP contribution is 2.27. The normalized spacial score (nSPS) is 22.7. The van der Waals surface area contributed by atoms with E-state index in [1.54, 1.807) is 4.90 Å². The molecule has 5 nitrogen and oxygen atoms in total. The molecule has 1 saturated heterocycles. The lowest BCUT2D eigenvalue weighted by Crippen LogP contribution is -2.49. The number of nitrogens with zero attached hydrogens (tertiary/aromatic N) is 1. The van der Waals surface area contributed by atoms with Crippen LogP contribution in [0.2, 0.25) is 0 Å². The van der Waals surface area contributed by atoms with Crippen molar-refractivity contribution in [3.05, 3.63) is 0 Å². The molecule has 18 heavy (non-hydrogen) atoms. The van der Waals surface area contributed by atoms with Crippen LogP contribution in [0, 0.1) is 11.3 Å². The van der Waals surface area contributed by atoms with Crippen molar-refractivity contribution in [2.45, 2.75) is 40.2 Å².